The summed E-state index contributed by atoms with van der Waals surface area (Å²) in [6.07, 6.45) is 1.85. The summed E-state index contributed by atoms with van der Waals surface area (Å²) in [4.78, 5) is 0. The molecule has 0 heterocycles. The van der Waals surface area contributed by atoms with E-state index in [1.807, 2.05) is 6.07 Å². The molecule has 1 aliphatic carbocycles. The lowest BCUT2D eigenvalue weighted by atomic mass is 10.3. The number of hydrogen-bond acceptors (Lipinski definition) is 2. The number of hydrogen-bond donors (Lipinski definition) is 2. The van der Waals surface area contributed by atoms with Crippen molar-refractivity contribution in [3.63, 3.8) is 0 Å². The lowest BCUT2D eigenvalue weighted by Gasteiger charge is -2.09. The summed E-state index contributed by atoms with van der Waals surface area (Å²) in [6.45, 7) is 0. The highest BCUT2D eigenvalue weighted by molar-refractivity contribution is 9.10. The zero-order valence-electron chi connectivity index (χ0n) is 7.90. The third-order valence-electron chi connectivity index (χ3n) is 2.02. The molecule has 1 fully saturated rings. The second-order valence-electron chi connectivity index (χ2n) is 3.48. The Morgan fingerprint density at radius 3 is 2.53 bits per heavy atom. The molecule has 0 aliphatic heterocycles. The summed E-state index contributed by atoms with van der Waals surface area (Å²) in [6, 6.07) is 7.21. The molecular formula is C9H11BrN2O2S. The second-order valence-corrected chi connectivity index (χ2v) is 5.78. The maximum atomic E-state index is 11.6. The van der Waals surface area contributed by atoms with E-state index in [0.717, 1.165) is 17.3 Å². The Labute approximate surface area is 97.4 Å². The third kappa shape index (κ3) is 3.19. The van der Waals surface area contributed by atoms with Crippen molar-refractivity contribution in [1.29, 1.82) is 0 Å². The fourth-order valence-electron chi connectivity index (χ4n) is 1.14. The van der Waals surface area contributed by atoms with Crippen LogP contribution in [0, 0.1) is 0 Å². The van der Waals surface area contributed by atoms with Crippen LogP contribution in [0.25, 0.3) is 0 Å². The van der Waals surface area contributed by atoms with Crippen LogP contribution in [0.3, 0.4) is 0 Å². The van der Waals surface area contributed by atoms with Crippen molar-refractivity contribution in [1.82, 2.24) is 4.72 Å². The molecular weight excluding hydrogens is 280 g/mol. The maximum Gasteiger partial charge on any atom is 0.299 e. The van der Waals surface area contributed by atoms with Crippen LogP contribution in [0.2, 0.25) is 0 Å². The van der Waals surface area contributed by atoms with Crippen molar-refractivity contribution in [2.75, 3.05) is 4.72 Å². The smallest absolute Gasteiger partial charge is 0.270 e. The molecule has 4 nitrogen and oxygen atoms in total. The van der Waals surface area contributed by atoms with Crippen LogP contribution in [0.1, 0.15) is 12.8 Å². The Kier molecular flexibility index (Phi) is 2.99. The van der Waals surface area contributed by atoms with Gasteiger partial charge in [0.15, 0.2) is 0 Å². The molecule has 0 amide bonds. The molecule has 0 radical (unpaired) electrons. The van der Waals surface area contributed by atoms with Gasteiger partial charge in [0.1, 0.15) is 0 Å². The summed E-state index contributed by atoms with van der Waals surface area (Å²) in [5.41, 5.74) is 0.547. The molecule has 1 saturated carbocycles. The Bertz CT molecular complexity index is 457. The first-order valence-electron chi connectivity index (χ1n) is 4.61. The predicted molar refractivity (Wildman–Crippen MR) is 62.8 cm³/mol. The highest BCUT2D eigenvalue weighted by Gasteiger charge is 2.26. The lowest BCUT2D eigenvalue weighted by molar-refractivity contribution is 0.586. The van der Waals surface area contributed by atoms with Crippen molar-refractivity contribution >= 4 is 31.8 Å². The fourth-order valence-corrected chi connectivity index (χ4v) is 2.85. The molecule has 0 aromatic heterocycles. The molecule has 0 bridgehead atoms. The Balaban J connectivity index is 2.10. The maximum absolute atomic E-state index is 11.6. The minimum Gasteiger partial charge on any atom is -0.270 e. The SMILES string of the molecule is O=S(=O)(Nc1ccccc1Br)NC1CC1. The van der Waals surface area contributed by atoms with E-state index in [4.69, 9.17) is 0 Å². The van der Waals surface area contributed by atoms with Gasteiger partial charge in [-0.25, -0.2) is 0 Å². The Morgan fingerprint density at radius 1 is 1.27 bits per heavy atom. The molecule has 0 unspecified atom stereocenters. The van der Waals surface area contributed by atoms with Gasteiger partial charge in [-0.15, -0.1) is 0 Å². The molecule has 82 valence electrons. The van der Waals surface area contributed by atoms with Crippen LogP contribution in [0.5, 0.6) is 0 Å². The van der Waals surface area contributed by atoms with Gasteiger partial charge < -0.3 is 0 Å². The second kappa shape index (κ2) is 4.11. The lowest BCUT2D eigenvalue weighted by Crippen LogP contribution is -2.31. The van der Waals surface area contributed by atoms with Crippen LogP contribution < -0.4 is 9.44 Å². The fraction of sp³-hybridized carbons (Fsp3) is 0.333. The molecule has 6 heteroatoms. The van der Waals surface area contributed by atoms with Crippen molar-refractivity contribution in [2.45, 2.75) is 18.9 Å². The zero-order valence-corrected chi connectivity index (χ0v) is 10.3. The van der Waals surface area contributed by atoms with Gasteiger partial charge in [0.25, 0.3) is 10.2 Å². The first-order chi connectivity index (χ1) is 7.07. The van der Waals surface area contributed by atoms with E-state index in [9.17, 15) is 8.42 Å². The van der Waals surface area contributed by atoms with Gasteiger partial charge in [-0.2, -0.15) is 13.1 Å². The molecule has 1 aromatic carbocycles. The number of nitrogens with one attached hydrogen (secondary N) is 2. The quantitative estimate of drug-likeness (QED) is 0.889. The molecule has 1 aliphatic rings. The Morgan fingerprint density at radius 2 is 1.93 bits per heavy atom. The number of anilines is 1. The Hall–Kier alpha value is -0.590. The average Bonchev–Trinajstić information content (AvgIpc) is 2.91. The largest absolute Gasteiger partial charge is 0.299 e. The molecule has 0 atom stereocenters. The van der Waals surface area contributed by atoms with Gasteiger partial charge in [-0.3, -0.25) is 4.72 Å². The first-order valence-corrected chi connectivity index (χ1v) is 6.89. The average molecular weight is 291 g/mol. The molecule has 2 N–H and O–H groups in total. The van der Waals surface area contributed by atoms with Crippen LogP contribution in [-0.4, -0.2) is 14.5 Å². The summed E-state index contributed by atoms with van der Waals surface area (Å²) >= 11 is 3.28. The van der Waals surface area contributed by atoms with Crippen LogP contribution in [0.15, 0.2) is 28.7 Å². The summed E-state index contributed by atoms with van der Waals surface area (Å²) in [5.74, 6) is 0. The van der Waals surface area contributed by atoms with Gasteiger partial charge in [0.2, 0.25) is 0 Å². The van der Waals surface area contributed by atoms with Gasteiger partial charge in [-0.05, 0) is 40.9 Å². The third-order valence-corrected chi connectivity index (χ3v) is 3.84. The van der Waals surface area contributed by atoms with E-state index in [1.165, 1.54) is 0 Å². The topological polar surface area (TPSA) is 58.2 Å². The van der Waals surface area contributed by atoms with E-state index < -0.39 is 10.2 Å². The van der Waals surface area contributed by atoms with Gasteiger partial charge in [0.05, 0.1) is 5.69 Å². The minimum atomic E-state index is -3.42. The van der Waals surface area contributed by atoms with Gasteiger partial charge in [0, 0.05) is 10.5 Å². The zero-order chi connectivity index (χ0) is 10.9. The molecule has 0 saturated heterocycles. The number of benzene rings is 1. The van der Waals surface area contributed by atoms with Crippen LogP contribution >= 0.6 is 15.9 Å². The van der Waals surface area contributed by atoms with E-state index in [-0.39, 0.29) is 6.04 Å². The van der Waals surface area contributed by atoms with Crippen molar-refractivity contribution in [3.8, 4) is 0 Å². The monoisotopic (exact) mass is 290 g/mol. The van der Waals surface area contributed by atoms with E-state index in [1.54, 1.807) is 18.2 Å². The number of rotatable bonds is 4. The first kappa shape index (κ1) is 10.9. The van der Waals surface area contributed by atoms with E-state index in [2.05, 4.69) is 25.4 Å². The van der Waals surface area contributed by atoms with E-state index in [0.29, 0.717) is 5.69 Å². The summed E-state index contributed by atoms with van der Waals surface area (Å²) < 4.78 is 28.9. The summed E-state index contributed by atoms with van der Waals surface area (Å²) in [7, 11) is -3.42. The van der Waals surface area contributed by atoms with Crippen LogP contribution in [0.4, 0.5) is 5.69 Å². The molecule has 0 spiro atoms. The molecule has 1 aromatic rings. The van der Waals surface area contributed by atoms with E-state index >= 15 is 0 Å². The molecule has 2 rings (SSSR count). The van der Waals surface area contributed by atoms with Crippen molar-refractivity contribution in [3.05, 3.63) is 28.7 Å². The standard InChI is InChI=1S/C9H11BrN2O2S/c10-8-3-1-2-4-9(8)12-15(13,14)11-7-5-6-7/h1-4,7,11-12H,5-6H2. The minimum absolute atomic E-state index is 0.116. The van der Waals surface area contributed by atoms with Crippen LogP contribution in [-0.2, 0) is 10.2 Å². The summed E-state index contributed by atoms with van der Waals surface area (Å²) in [5, 5.41) is 0. The van der Waals surface area contributed by atoms with Gasteiger partial charge >= 0.3 is 0 Å². The number of para-hydroxylation sites is 1. The number of halogens is 1. The molecule has 15 heavy (non-hydrogen) atoms. The normalized spacial score (nSPS) is 16.3. The van der Waals surface area contributed by atoms with Crippen molar-refractivity contribution in [2.24, 2.45) is 0 Å². The van der Waals surface area contributed by atoms with Crippen molar-refractivity contribution < 1.29 is 8.42 Å². The van der Waals surface area contributed by atoms with Gasteiger partial charge in [-0.1, -0.05) is 12.1 Å². The predicted octanol–water partition coefficient (Wildman–Crippen LogP) is 1.86. The highest BCUT2D eigenvalue weighted by atomic mass is 79.9. The highest BCUT2D eigenvalue weighted by Crippen LogP contribution is 2.24.